The van der Waals surface area contributed by atoms with Gasteiger partial charge in [-0.3, -0.25) is 0 Å². The number of rotatable bonds is 1. The zero-order valence-corrected chi connectivity index (χ0v) is 10.4. The first-order chi connectivity index (χ1) is 8.34. The predicted octanol–water partition coefficient (Wildman–Crippen LogP) is 2.14. The Labute approximate surface area is 106 Å². The van der Waals surface area contributed by atoms with Crippen LogP contribution >= 0.6 is 11.6 Å². The van der Waals surface area contributed by atoms with Gasteiger partial charge in [0.15, 0.2) is 0 Å². The van der Waals surface area contributed by atoms with E-state index in [0.717, 1.165) is 25.6 Å². The summed E-state index contributed by atoms with van der Waals surface area (Å²) in [6, 6.07) is 2.41. The molecule has 92 valence electrons. The second-order valence-electron chi connectivity index (χ2n) is 4.73. The first kappa shape index (κ1) is 11.2. The molecule has 0 bridgehead atoms. The van der Waals surface area contributed by atoms with E-state index in [-0.39, 0.29) is 0 Å². The van der Waals surface area contributed by atoms with Crippen molar-refractivity contribution in [2.24, 2.45) is 5.92 Å². The zero-order valence-electron chi connectivity index (χ0n) is 9.68. The molecule has 1 aromatic heterocycles. The molecule has 3 rings (SSSR count). The molecular weight excluding hydrogens is 238 g/mol. The standard InChI is InChI=1S/C12H16ClN3O/c13-11-6-12(15-8-14-11)16-4-5-17-7-9-2-1-3-10(9)16/h6,8-10H,1-5,7H2. The number of anilines is 1. The van der Waals surface area contributed by atoms with Gasteiger partial charge < -0.3 is 9.64 Å². The van der Waals surface area contributed by atoms with Crippen LogP contribution in [-0.4, -0.2) is 35.8 Å². The molecule has 0 amide bonds. The van der Waals surface area contributed by atoms with Gasteiger partial charge in [0.05, 0.1) is 13.2 Å². The molecule has 2 unspecified atom stereocenters. The maximum absolute atomic E-state index is 5.94. The van der Waals surface area contributed by atoms with Gasteiger partial charge in [-0.1, -0.05) is 18.0 Å². The first-order valence-electron chi connectivity index (χ1n) is 6.16. The molecular formula is C12H16ClN3O. The van der Waals surface area contributed by atoms with Gasteiger partial charge in [0.2, 0.25) is 0 Å². The first-order valence-corrected chi connectivity index (χ1v) is 6.54. The lowest BCUT2D eigenvalue weighted by molar-refractivity contribution is 0.121. The molecule has 0 aromatic carbocycles. The molecule has 2 fully saturated rings. The highest BCUT2D eigenvalue weighted by Crippen LogP contribution is 2.34. The molecule has 2 atom stereocenters. The van der Waals surface area contributed by atoms with Crippen LogP contribution in [0.1, 0.15) is 19.3 Å². The molecule has 0 spiro atoms. The van der Waals surface area contributed by atoms with Crippen LogP contribution in [-0.2, 0) is 4.74 Å². The van der Waals surface area contributed by atoms with Crippen LogP contribution in [0.3, 0.4) is 0 Å². The SMILES string of the molecule is Clc1cc(N2CCOCC3CCCC32)ncn1. The van der Waals surface area contributed by atoms with Crippen LogP contribution in [0.2, 0.25) is 5.15 Å². The van der Waals surface area contributed by atoms with Gasteiger partial charge in [0.1, 0.15) is 17.3 Å². The lowest BCUT2D eigenvalue weighted by Crippen LogP contribution is -2.38. The van der Waals surface area contributed by atoms with Crippen LogP contribution < -0.4 is 4.90 Å². The minimum atomic E-state index is 0.509. The monoisotopic (exact) mass is 253 g/mol. The fourth-order valence-corrected chi connectivity index (χ4v) is 3.09. The van der Waals surface area contributed by atoms with E-state index in [4.69, 9.17) is 16.3 Å². The molecule has 1 aliphatic heterocycles. The van der Waals surface area contributed by atoms with Gasteiger partial charge in [-0.25, -0.2) is 9.97 Å². The van der Waals surface area contributed by atoms with E-state index in [0.29, 0.717) is 17.1 Å². The number of hydrogen-bond donors (Lipinski definition) is 0. The third-order valence-electron chi connectivity index (χ3n) is 3.74. The second kappa shape index (κ2) is 4.78. The van der Waals surface area contributed by atoms with Gasteiger partial charge in [-0.15, -0.1) is 0 Å². The van der Waals surface area contributed by atoms with Crippen LogP contribution in [0, 0.1) is 5.92 Å². The number of aromatic nitrogens is 2. The molecule has 1 aliphatic carbocycles. The molecule has 17 heavy (non-hydrogen) atoms. The summed E-state index contributed by atoms with van der Waals surface area (Å²) >= 11 is 5.94. The largest absolute Gasteiger partial charge is 0.379 e. The van der Waals surface area contributed by atoms with Crippen molar-refractivity contribution in [1.29, 1.82) is 0 Å². The minimum absolute atomic E-state index is 0.509. The van der Waals surface area contributed by atoms with Gasteiger partial charge in [-0.2, -0.15) is 0 Å². The highest BCUT2D eigenvalue weighted by molar-refractivity contribution is 6.29. The molecule has 0 radical (unpaired) electrons. The van der Waals surface area contributed by atoms with Crippen LogP contribution in [0.5, 0.6) is 0 Å². The average Bonchev–Trinajstić information content (AvgIpc) is 2.69. The Hall–Kier alpha value is -0.870. The summed E-state index contributed by atoms with van der Waals surface area (Å²) in [5.74, 6) is 1.58. The lowest BCUT2D eigenvalue weighted by Gasteiger charge is -2.30. The van der Waals surface area contributed by atoms with Crippen molar-refractivity contribution in [3.05, 3.63) is 17.5 Å². The summed E-state index contributed by atoms with van der Waals surface area (Å²) in [4.78, 5) is 10.6. The molecule has 2 heterocycles. The Morgan fingerprint density at radius 1 is 1.35 bits per heavy atom. The summed E-state index contributed by atoms with van der Waals surface area (Å²) in [7, 11) is 0. The Bertz CT molecular complexity index is 401. The number of fused-ring (bicyclic) bond motifs is 1. The van der Waals surface area contributed by atoms with E-state index in [2.05, 4.69) is 14.9 Å². The molecule has 4 nitrogen and oxygen atoms in total. The number of nitrogens with zero attached hydrogens (tertiary/aromatic N) is 3. The number of hydrogen-bond acceptors (Lipinski definition) is 4. The zero-order chi connectivity index (χ0) is 11.7. The quantitative estimate of drug-likeness (QED) is 0.719. The van der Waals surface area contributed by atoms with Crippen molar-refractivity contribution < 1.29 is 4.74 Å². The van der Waals surface area contributed by atoms with Crippen molar-refractivity contribution in [3.8, 4) is 0 Å². The third kappa shape index (κ3) is 2.24. The topological polar surface area (TPSA) is 38.2 Å². The second-order valence-corrected chi connectivity index (χ2v) is 5.11. The van der Waals surface area contributed by atoms with Crippen LogP contribution in [0.25, 0.3) is 0 Å². The molecule has 0 N–H and O–H groups in total. The van der Waals surface area contributed by atoms with Crippen molar-refractivity contribution >= 4 is 17.4 Å². The molecule has 1 saturated heterocycles. The van der Waals surface area contributed by atoms with E-state index in [1.165, 1.54) is 25.6 Å². The summed E-state index contributed by atoms with van der Waals surface area (Å²) in [5, 5.41) is 0.509. The van der Waals surface area contributed by atoms with Crippen LogP contribution in [0.15, 0.2) is 12.4 Å². The fourth-order valence-electron chi connectivity index (χ4n) is 2.95. The van der Waals surface area contributed by atoms with Crippen molar-refractivity contribution in [2.75, 3.05) is 24.7 Å². The maximum atomic E-state index is 5.94. The van der Waals surface area contributed by atoms with E-state index in [1.54, 1.807) is 0 Å². The molecule has 2 aliphatic rings. The number of halogens is 1. The Morgan fingerprint density at radius 2 is 2.29 bits per heavy atom. The fraction of sp³-hybridized carbons (Fsp3) is 0.667. The summed E-state index contributed by atoms with van der Waals surface area (Å²) in [6.45, 7) is 2.56. The Morgan fingerprint density at radius 3 is 3.18 bits per heavy atom. The molecule has 1 aromatic rings. The van der Waals surface area contributed by atoms with Crippen LogP contribution in [0.4, 0.5) is 5.82 Å². The van der Waals surface area contributed by atoms with E-state index >= 15 is 0 Å². The summed E-state index contributed by atoms with van der Waals surface area (Å²) in [6.07, 6.45) is 5.32. The minimum Gasteiger partial charge on any atom is -0.379 e. The lowest BCUT2D eigenvalue weighted by atomic mass is 10.0. The Kier molecular flexibility index (Phi) is 3.16. The van der Waals surface area contributed by atoms with Crippen molar-refractivity contribution in [2.45, 2.75) is 25.3 Å². The van der Waals surface area contributed by atoms with E-state index in [1.807, 2.05) is 6.07 Å². The highest BCUT2D eigenvalue weighted by atomic mass is 35.5. The Balaban J connectivity index is 1.89. The van der Waals surface area contributed by atoms with E-state index in [9.17, 15) is 0 Å². The molecule has 1 saturated carbocycles. The van der Waals surface area contributed by atoms with Gasteiger partial charge >= 0.3 is 0 Å². The van der Waals surface area contributed by atoms with E-state index < -0.39 is 0 Å². The van der Waals surface area contributed by atoms with Crippen molar-refractivity contribution in [1.82, 2.24) is 9.97 Å². The number of ether oxygens (including phenoxy) is 1. The highest BCUT2D eigenvalue weighted by Gasteiger charge is 2.34. The van der Waals surface area contributed by atoms with Gasteiger partial charge in [0, 0.05) is 24.6 Å². The predicted molar refractivity (Wildman–Crippen MR) is 66.3 cm³/mol. The summed E-state index contributed by atoms with van der Waals surface area (Å²) in [5.41, 5.74) is 0. The smallest absolute Gasteiger partial charge is 0.134 e. The van der Waals surface area contributed by atoms with Gasteiger partial charge in [-0.05, 0) is 12.8 Å². The van der Waals surface area contributed by atoms with Crippen molar-refractivity contribution in [3.63, 3.8) is 0 Å². The third-order valence-corrected chi connectivity index (χ3v) is 3.95. The maximum Gasteiger partial charge on any atom is 0.134 e. The molecule has 5 heteroatoms. The average molecular weight is 254 g/mol. The summed E-state index contributed by atoms with van der Waals surface area (Å²) < 4.78 is 5.67. The normalized spacial score (nSPS) is 28.9. The van der Waals surface area contributed by atoms with Gasteiger partial charge in [0.25, 0.3) is 0 Å².